The highest BCUT2D eigenvalue weighted by Crippen LogP contribution is 2.24. The normalized spacial score (nSPS) is 10.6. The van der Waals surface area contributed by atoms with Crippen molar-refractivity contribution < 1.29 is 19.4 Å². The van der Waals surface area contributed by atoms with E-state index in [4.69, 9.17) is 21.4 Å². The summed E-state index contributed by atoms with van der Waals surface area (Å²) in [5, 5.41) is 12.5. The molecule has 5 nitrogen and oxygen atoms in total. The molecule has 0 aromatic heterocycles. The lowest BCUT2D eigenvalue weighted by molar-refractivity contribution is 0.0696. The number of benzene rings is 3. The van der Waals surface area contributed by atoms with Gasteiger partial charge in [-0.1, -0.05) is 74.2 Å². The Morgan fingerprint density at radius 2 is 1.59 bits per heavy atom. The van der Waals surface area contributed by atoms with Crippen molar-refractivity contribution in [1.29, 1.82) is 0 Å². The lowest BCUT2D eigenvalue weighted by Gasteiger charge is -2.12. The summed E-state index contributed by atoms with van der Waals surface area (Å²) in [6.45, 7) is 3.22. The van der Waals surface area contributed by atoms with Gasteiger partial charge in [0.05, 0.1) is 17.7 Å². The van der Waals surface area contributed by atoms with Crippen LogP contribution in [-0.2, 0) is 6.42 Å². The van der Waals surface area contributed by atoms with E-state index in [0.29, 0.717) is 35.9 Å². The summed E-state index contributed by atoms with van der Waals surface area (Å²) >= 11 is 6.12. The number of ether oxygens (including phenoxy) is 1. The van der Waals surface area contributed by atoms with Gasteiger partial charge in [-0.15, -0.1) is 0 Å². The molecule has 178 valence electrons. The zero-order valence-corrected chi connectivity index (χ0v) is 20.1. The van der Waals surface area contributed by atoms with Gasteiger partial charge in [0, 0.05) is 11.6 Å². The number of rotatable bonds is 12. The third kappa shape index (κ3) is 7.35. The summed E-state index contributed by atoms with van der Waals surface area (Å²) in [7, 11) is 0. The number of carbonyl (C=O) groups is 2. The third-order valence-corrected chi connectivity index (χ3v) is 5.80. The van der Waals surface area contributed by atoms with Gasteiger partial charge >= 0.3 is 5.97 Å². The smallest absolute Gasteiger partial charge is 0.335 e. The van der Waals surface area contributed by atoms with Crippen LogP contribution in [0.2, 0.25) is 5.02 Å². The number of carbonyl (C=O) groups excluding carboxylic acids is 1. The zero-order valence-electron chi connectivity index (χ0n) is 19.4. The molecule has 0 radical (unpaired) electrons. The van der Waals surface area contributed by atoms with Crippen LogP contribution >= 0.6 is 11.6 Å². The van der Waals surface area contributed by atoms with E-state index >= 15 is 0 Å². The van der Waals surface area contributed by atoms with E-state index in [9.17, 15) is 9.59 Å². The Labute approximate surface area is 205 Å². The number of carboxylic acids is 1. The summed E-state index contributed by atoms with van der Waals surface area (Å²) in [5.41, 5.74) is 3.76. The molecule has 0 heterocycles. The molecule has 0 saturated heterocycles. The number of nitrogens with one attached hydrogen (secondary N) is 1. The predicted octanol–water partition coefficient (Wildman–Crippen LogP) is 6.64. The maximum absolute atomic E-state index is 12.8. The largest absolute Gasteiger partial charge is 0.493 e. The standard InChI is InChI=1S/C28H30ClNO4/c1-2-3-4-5-18-34-26-15-14-24(29)19-25(26)27(31)30-17-16-20-6-8-21(9-7-20)22-10-12-23(13-11-22)28(32)33/h6-15,19H,2-5,16-18H2,1H3,(H,30,31)(H,32,33). The fourth-order valence-electron chi connectivity index (χ4n) is 3.60. The first-order chi connectivity index (χ1) is 16.5. The lowest BCUT2D eigenvalue weighted by Crippen LogP contribution is -2.26. The van der Waals surface area contributed by atoms with Crippen LogP contribution in [0.4, 0.5) is 0 Å². The fourth-order valence-corrected chi connectivity index (χ4v) is 3.77. The van der Waals surface area contributed by atoms with Crippen molar-refractivity contribution in [3.05, 3.63) is 88.4 Å². The highest BCUT2D eigenvalue weighted by molar-refractivity contribution is 6.31. The third-order valence-electron chi connectivity index (χ3n) is 5.56. The van der Waals surface area contributed by atoms with E-state index in [1.807, 2.05) is 24.3 Å². The van der Waals surface area contributed by atoms with E-state index in [0.717, 1.165) is 36.0 Å². The molecule has 0 fully saturated rings. The highest BCUT2D eigenvalue weighted by Gasteiger charge is 2.13. The molecule has 0 unspecified atom stereocenters. The monoisotopic (exact) mass is 479 g/mol. The first-order valence-corrected chi connectivity index (χ1v) is 12.0. The van der Waals surface area contributed by atoms with Gasteiger partial charge in [-0.25, -0.2) is 4.79 Å². The van der Waals surface area contributed by atoms with Crippen LogP contribution in [0, 0.1) is 0 Å². The summed E-state index contributed by atoms with van der Waals surface area (Å²) in [5.74, 6) is -0.592. The first-order valence-electron chi connectivity index (χ1n) is 11.6. The maximum Gasteiger partial charge on any atom is 0.335 e. The Hall–Kier alpha value is -3.31. The molecule has 1 amide bonds. The molecule has 0 saturated carbocycles. The minimum absolute atomic E-state index is 0.207. The second kappa shape index (κ2) is 12.8. The molecule has 0 bridgehead atoms. The molecule has 3 aromatic carbocycles. The molecule has 2 N–H and O–H groups in total. The van der Waals surface area contributed by atoms with Crippen LogP contribution in [0.25, 0.3) is 11.1 Å². The Morgan fingerprint density at radius 1 is 0.912 bits per heavy atom. The Balaban J connectivity index is 1.53. The van der Waals surface area contributed by atoms with Crippen molar-refractivity contribution in [2.75, 3.05) is 13.2 Å². The topological polar surface area (TPSA) is 75.6 Å². The average Bonchev–Trinajstić information content (AvgIpc) is 2.85. The molecule has 0 aliphatic carbocycles. The Kier molecular flexibility index (Phi) is 9.53. The summed E-state index contributed by atoms with van der Waals surface area (Å²) in [6, 6.07) is 19.9. The van der Waals surface area contributed by atoms with Gasteiger partial charge in [0.2, 0.25) is 0 Å². The van der Waals surface area contributed by atoms with E-state index in [2.05, 4.69) is 12.2 Å². The van der Waals surface area contributed by atoms with Crippen LogP contribution in [0.5, 0.6) is 5.75 Å². The summed E-state index contributed by atoms with van der Waals surface area (Å²) in [6.07, 6.45) is 5.08. The molecule has 0 atom stereocenters. The van der Waals surface area contributed by atoms with Gasteiger partial charge in [0.1, 0.15) is 5.75 Å². The van der Waals surface area contributed by atoms with Gasteiger partial charge in [0.15, 0.2) is 0 Å². The van der Waals surface area contributed by atoms with Crippen molar-refractivity contribution >= 4 is 23.5 Å². The van der Waals surface area contributed by atoms with Crippen molar-refractivity contribution in [2.45, 2.75) is 39.0 Å². The van der Waals surface area contributed by atoms with E-state index < -0.39 is 5.97 Å². The molecule has 0 spiro atoms. The molecule has 3 aromatic rings. The minimum Gasteiger partial charge on any atom is -0.493 e. The predicted molar refractivity (Wildman–Crippen MR) is 136 cm³/mol. The highest BCUT2D eigenvalue weighted by atomic mass is 35.5. The number of hydrogen-bond donors (Lipinski definition) is 2. The van der Waals surface area contributed by atoms with Crippen LogP contribution in [0.15, 0.2) is 66.7 Å². The second-order valence-electron chi connectivity index (χ2n) is 8.13. The SMILES string of the molecule is CCCCCCOc1ccc(Cl)cc1C(=O)NCCc1ccc(-c2ccc(C(=O)O)cc2)cc1. The quantitative estimate of drug-likeness (QED) is 0.285. The number of aromatic carboxylic acids is 1. The maximum atomic E-state index is 12.8. The van der Waals surface area contributed by atoms with Gasteiger partial charge in [-0.2, -0.15) is 0 Å². The summed E-state index contributed by atoms with van der Waals surface area (Å²) in [4.78, 5) is 23.8. The van der Waals surface area contributed by atoms with Crippen LogP contribution < -0.4 is 10.1 Å². The van der Waals surface area contributed by atoms with Crippen molar-refractivity contribution in [3.8, 4) is 16.9 Å². The second-order valence-corrected chi connectivity index (χ2v) is 8.57. The molecule has 6 heteroatoms. The van der Waals surface area contributed by atoms with E-state index in [-0.39, 0.29) is 11.5 Å². The van der Waals surface area contributed by atoms with Crippen molar-refractivity contribution in [3.63, 3.8) is 0 Å². The van der Waals surface area contributed by atoms with Crippen molar-refractivity contribution in [1.82, 2.24) is 5.32 Å². The van der Waals surface area contributed by atoms with E-state index in [1.165, 1.54) is 6.42 Å². The van der Waals surface area contributed by atoms with Crippen LogP contribution in [-0.4, -0.2) is 30.1 Å². The van der Waals surface area contributed by atoms with Gasteiger partial charge in [0.25, 0.3) is 5.91 Å². The minimum atomic E-state index is -0.938. The average molecular weight is 480 g/mol. The number of hydrogen-bond acceptors (Lipinski definition) is 3. The van der Waals surface area contributed by atoms with Gasteiger partial charge in [-0.3, -0.25) is 4.79 Å². The van der Waals surface area contributed by atoms with Crippen LogP contribution in [0.3, 0.4) is 0 Å². The number of unbranched alkanes of at least 4 members (excludes halogenated alkanes) is 3. The molecule has 0 aliphatic heterocycles. The molecular formula is C28H30ClNO4. The Bertz CT molecular complexity index is 1090. The Morgan fingerprint density at radius 3 is 2.24 bits per heavy atom. The summed E-state index contributed by atoms with van der Waals surface area (Å²) < 4.78 is 5.85. The fraction of sp³-hybridized carbons (Fsp3) is 0.286. The first kappa shape index (κ1) is 25.3. The van der Waals surface area contributed by atoms with Gasteiger partial charge < -0.3 is 15.2 Å². The molecule has 0 aliphatic rings. The van der Waals surface area contributed by atoms with Gasteiger partial charge in [-0.05, 0) is 59.9 Å². The van der Waals surface area contributed by atoms with E-state index in [1.54, 1.807) is 42.5 Å². The molecule has 34 heavy (non-hydrogen) atoms. The number of halogens is 1. The molecular weight excluding hydrogens is 450 g/mol. The zero-order chi connectivity index (χ0) is 24.3. The number of amides is 1. The van der Waals surface area contributed by atoms with Crippen molar-refractivity contribution in [2.24, 2.45) is 0 Å². The van der Waals surface area contributed by atoms with Crippen LogP contribution in [0.1, 0.15) is 58.9 Å². The number of carboxylic acid groups (broad SMARTS) is 1. The molecule has 3 rings (SSSR count). The lowest BCUT2D eigenvalue weighted by atomic mass is 10.0.